The molecule has 0 saturated carbocycles. The molecule has 6 heteroatoms. The van der Waals surface area contributed by atoms with Crippen molar-refractivity contribution >= 4 is 15.9 Å². The Morgan fingerprint density at radius 1 is 1.30 bits per heavy atom. The van der Waals surface area contributed by atoms with Gasteiger partial charge in [0.25, 0.3) is 0 Å². The average Bonchev–Trinajstić information content (AvgIpc) is 2.39. The summed E-state index contributed by atoms with van der Waals surface area (Å²) in [6.45, 7) is 1.42. The number of benzene rings is 1. The minimum atomic E-state index is -4.34. The highest BCUT2D eigenvalue weighted by molar-refractivity contribution is 9.10. The van der Waals surface area contributed by atoms with Crippen LogP contribution in [0.25, 0.3) is 0 Å². The molecule has 112 valence electrons. The van der Waals surface area contributed by atoms with Crippen LogP contribution < -0.4 is 5.73 Å². The first-order valence-electron chi connectivity index (χ1n) is 6.58. The van der Waals surface area contributed by atoms with Gasteiger partial charge >= 0.3 is 6.18 Å². The molecule has 0 bridgehead atoms. The highest BCUT2D eigenvalue weighted by atomic mass is 79.9. The second-order valence-electron chi connectivity index (χ2n) is 5.13. The van der Waals surface area contributed by atoms with E-state index in [-0.39, 0.29) is 0 Å². The molecule has 2 rings (SSSR count). The Bertz CT molecular complexity index is 458. The van der Waals surface area contributed by atoms with E-state index in [2.05, 4.69) is 15.9 Å². The van der Waals surface area contributed by atoms with Crippen LogP contribution in [-0.2, 0) is 10.9 Å². The molecule has 0 aromatic heterocycles. The molecule has 1 aliphatic heterocycles. The van der Waals surface area contributed by atoms with E-state index in [1.807, 2.05) is 0 Å². The molecule has 2 N–H and O–H groups in total. The van der Waals surface area contributed by atoms with Crippen molar-refractivity contribution < 1.29 is 17.9 Å². The second-order valence-corrected chi connectivity index (χ2v) is 5.99. The van der Waals surface area contributed by atoms with E-state index in [1.165, 1.54) is 6.07 Å². The summed E-state index contributed by atoms with van der Waals surface area (Å²) in [6.07, 6.45) is -1.81. The van der Waals surface area contributed by atoms with Gasteiger partial charge in [-0.15, -0.1) is 0 Å². The molecule has 1 unspecified atom stereocenters. The molecule has 0 aliphatic carbocycles. The van der Waals surface area contributed by atoms with Crippen LogP contribution in [0.3, 0.4) is 0 Å². The van der Waals surface area contributed by atoms with Crippen molar-refractivity contribution in [2.75, 3.05) is 13.2 Å². The minimum absolute atomic E-state index is 0.394. The summed E-state index contributed by atoms with van der Waals surface area (Å²) in [6, 6.07) is 3.24. The number of nitrogens with two attached hydrogens (primary N) is 1. The Kier molecular flexibility index (Phi) is 5.09. The summed E-state index contributed by atoms with van der Waals surface area (Å²) in [5.41, 5.74) is 5.97. The standard InChI is InChI=1S/C14H17BrF3NO/c15-12-2-1-10(14(16,17)18)8-11(12)13(19)7-9-3-5-20-6-4-9/h1-2,8-9,13H,3-7,19H2. The first-order chi connectivity index (χ1) is 9.38. The van der Waals surface area contributed by atoms with Crippen molar-refractivity contribution in [1.29, 1.82) is 0 Å². The quantitative estimate of drug-likeness (QED) is 0.881. The number of rotatable bonds is 3. The van der Waals surface area contributed by atoms with Crippen molar-refractivity contribution in [3.05, 3.63) is 33.8 Å². The summed E-state index contributed by atoms with van der Waals surface area (Å²) in [5.74, 6) is 0.417. The number of halogens is 4. The van der Waals surface area contributed by atoms with E-state index in [1.54, 1.807) is 0 Å². The lowest BCUT2D eigenvalue weighted by molar-refractivity contribution is -0.137. The van der Waals surface area contributed by atoms with E-state index in [0.717, 1.165) is 25.0 Å². The number of ether oxygens (including phenoxy) is 1. The Labute approximate surface area is 124 Å². The summed E-state index contributed by atoms with van der Waals surface area (Å²) < 4.78 is 44.2. The van der Waals surface area contributed by atoms with E-state index in [9.17, 15) is 13.2 Å². The summed E-state index contributed by atoms with van der Waals surface area (Å²) >= 11 is 3.29. The second kappa shape index (κ2) is 6.45. The first kappa shape index (κ1) is 15.8. The Hall–Kier alpha value is -0.590. The third-order valence-corrected chi connectivity index (χ3v) is 4.37. The first-order valence-corrected chi connectivity index (χ1v) is 7.37. The van der Waals surface area contributed by atoms with Crippen LogP contribution in [0.2, 0.25) is 0 Å². The normalized spacial score (nSPS) is 19.1. The number of hydrogen-bond acceptors (Lipinski definition) is 2. The minimum Gasteiger partial charge on any atom is -0.381 e. The molecule has 0 amide bonds. The van der Waals surface area contributed by atoms with Crippen LogP contribution >= 0.6 is 15.9 Å². The monoisotopic (exact) mass is 351 g/mol. The van der Waals surface area contributed by atoms with Crippen molar-refractivity contribution in [3.8, 4) is 0 Å². The zero-order chi connectivity index (χ0) is 14.8. The van der Waals surface area contributed by atoms with Gasteiger partial charge in [-0.2, -0.15) is 13.2 Å². The maximum absolute atomic E-state index is 12.7. The van der Waals surface area contributed by atoms with Crippen LogP contribution in [-0.4, -0.2) is 13.2 Å². The maximum atomic E-state index is 12.7. The zero-order valence-electron chi connectivity index (χ0n) is 10.9. The molecular formula is C14H17BrF3NO. The predicted molar refractivity (Wildman–Crippen MR) is 74.2 cm³/mol. The summed E-state index contributed by atoms with van der Waals surface area (Å²) in [7, 11) is 0. The van der Waals surface area contributed by atoms with Gasteiger partial charge in [-0.3, -0.25) is 0 Å². The lowest BCUT2D eigenvalue weighted by atomic mass is 9.89. The van der Waals surface area contributed by atoms with Crippen molar-refractivity contribution in [2.45, 2.75) is 31.5 Å². The zero-order valence-corrected chi connectivity index (χ0v) is 12.5. The lowest BCUT2D eigenvalue weighted by Gasteiger charge is -2.25. The third kappa shape index (κ3) is 3.96. The fraction of sp³-hybridized carbons (Fsp3) is 0.571. The highest BCUT2D eigenvalue weighted by Gasteiger charge is 2.31. The lowest BCUT2D eigenvalue weighted by Crippen LogP contribution is -2.22. The molecule has 1 saturated heterocycles. The molecule has 20 heavy (non-hydrogen) atoms. The number of alkyl halides is 3. The van der Waals surface area contributed by atoms with E-state index in [0.29, 0.717) is 35.6 Å². The molecular weight excluding hydrogens is 335 g/mol. The third-order valence-electron chi connectivity index (χ3n) is 3.65. The molecule has 1 aromatic rings. The highest BCUT2D eigenvalue weighted by Crippen LogP contribution is 2.35. The van der Waals surface area contributed by atoms with E-state index >= 15 is 0 Å². The molecule has 0 radical (unpaired) electrons. The van der Waals surface area contributed by atoms with Gasteiger partial charge in [0.15, 0.2) is 0 Å². The molecule has 1 aromatic carbocycles. The SMILES string of the molecule is NC(CC1CCOCC1)c1cc(C(F)(F)F)ccc1Br. The van der Waals surface area contributed by atoms with Crippen LogP contribution in [0.5, 0.6) is 0 Å². The maximum Gasteiger partial charge on any atom is 0.416 e. The fourth-order valence-electron chi connectivity index (χ4n) is 2.47. The predicted octanol–water partition coefficient (Wildman–Crippen LogP) is 4.28. The van der Waals surface area contributed by atoms with Crippen LogP contribution in [0.15, 0.2) is 22.7 Å². The molecule has 0 spiro atoms. The fourth-order valence-corrected chi connectivity index (χ4v) is 3.01. The van der Waals surface area contributed by atoms with Crippen LogP contribution in [0, 0.1) is 5.92 Å². The smallest absolute Gasteiger partial charge is 0.381 e. The van der Waals surface area contributed by atoms with Crippen LogP contribution in [0.1, 0.15) is 36.4 Å². The molecule has 1 heterocycles. The van der Waals surface area contributed by atoms with Gasteiger partial charge in [0.05, 0.1) is 5.56 Å². The van der Waals surface area contributed by atoms with Gasteiger partial charge in [-0.25, -0.2) is 0 Å². The Balaban J connectivity index is 2.13. The Morgan fingerprint density at radius 3 is 2.55 bits per heavy atom. The molecule has 1 aliphatic rings. The molecule has 1 fully saturated rings. The van der Waals surface area contributed by atoms with Gasteiger partial charge in [0.1, 0.15) is 0 Å². The largest absolute Gasteiger partial charge is 0.416 e. The van der Waals surface area contributed by atoms with Gasteiger partial charge < -0.3 is 10.5 Å². The van der Waals surface area contributed by atoms with E-state index in [4.69, 9.17) is 10.5 Å². The van der Waals surface area contributed by atoms with Crippen LogP contribution in [0.4, 0.5) is 13.2 Å². The molecule has 1 atom stereocenters. The van der Waals surface area contributed by atoms with E-state index < -0.39 is 17.8 Å². The van der Waals surface area contributed by atoms with Crippen molar-refractivity contribution in [2.24, 2.45) is 11.7 Å². The van der Waals surface area contributed by atoms with Gasteiger partial charge in [-0.1, -0.05) is 15.9 Å². The van der Waals surface area contributed by atoms with Gasteiger partial charge in [-0.05, 0) is 48.9 Å². The topological polar surface area (TPSA) is 35.2 Å². The number of hydrogen-bond donors (Lipinski definition) is 1. The van der Waals surface area contributed by atoms with Gasteiger partial charge in [0, 0.05) is 23.7 Å². The molecule has 2 nitrogen and oxygen atoms in total. The van der Waals surface area contributed by atoms with Crippen molar-refractivity contribution in [1.82, 2.24) is 0 Å². The summed E-state index contributed by atoms with van der Waals surface area (Å²) in [5, 5.41) is 0. The summed E-state index contributed by atoms with van der Waals surface area (Å²) in [4.78, 5) is 0. The van der Waals surface area contributed by atoms with Crippen molar-refractivity contribution in [3.63, 3.8) is 0 Å². The Morgan fingerprint density at radius 2 is 1.95 bits per heavy atom. The van der Waals surface area contributed by atoms with Gasteiger partial charge in [0.2, 0.25) is 0 Å². The average molecular weight is 352 g/mol.